The van der Waals surface area contributed by atoms with Crippen molar-refractivity contribution in [3.05, 3.63) is 70.3 Å². The number of rotatable bonds is 4. The smallest absolute Gasteiger partial charge is 0.253 e. The molecule has 1 saturated heterocycles. The van der Waals surface area contributed by atoms with Crippen LogP contribution in [0.1, 0.15) is 24.8 Å². The molecular weight excluding hydrogens is 329 g/mol. The third-order valence-electron chi connectivity index (χ3n) is 4.98. The average Bonchev–Trinajstić information content (AvgIpc) is 2.68. The summed E-state index contributed by atoms with van der Waals surface area (Å²) in [6, 6.07) is 14.9. The Morgan fingerprint density at radius 1 is 1.04 bits per heavy atom. The van der Waals surface area contributed by atoms with E-state index in [-0.39, 0.29) is 11.1 Å². The second kappa shape index (κ2) is 7.20. The largest absolute Gasteiger partial charge is 0.381 e. The lowest BCUT2D eigenvalue weighted by Gasteiger charge is -2.28. The predicted octanol–water partition coefficient (Wildman–Crippen LogP) is 4.27. The number of hydrogen-bond acceptors (Lipinski definition) is 3. The molecule has 134 valence electrons. The Morgan fingerprint density at radius 2 is 1.81 bits per heavy atom. The molecule has 0 saturated carbocycles. The van der Waals surface area contributed by atoms with Gasteiger partial charge in [0.1, 0.15) is 5.82 Å². The van der Waals surface area contributed by atoms with Crippen molar-refractivity contribution in [2.24, 2.45) is 0 Å². The summed E-state index contributed by atoms with van der Waals surface area (Å²) in [6.07, 6.45) is 3.83. The van der Waals surface area contributed by atoms with E-state index in [0.717, 1.165) is 18.8 Å². The van der Waals surface area contributed by atoms with Crippen LogP contribution >= 0.6 is 0 Å². The highest BCUT2D eigenvalue weighted by atomic mass is 19.1. The summed E-state index contributed by atoms with van der Waals surface area (Å²) in [5.74, 6) is -0.410. The fourth-order valence-corrected chi connectivity index (χ4v) is 3.51. The molecule has 5 heteroatoms. The molecule has 0 radical (unpaired) electrons. The highest BCUT2D eigenvalue weighted by Gasteiger charge is 2.11. The number of fused-ring (bicyclic) bond motifs is 1. The molecule has 4 rings (SSSR count). The quantitative estimate of drug-likeness (QED) is 0.738. The minimum atomic E-state index is -0.410. The van der Waals surface area contributed by atoms with E-state index < -0.39 is 5.82 Å². The minimum absolute atomic E-state index is 0.257. The Labute approximate surface area is 151 Å². The third kappa shape index (κ3) is 3.43. The van der Waals surface area contributed by atoms with Crippen LogP contribution in [0.3, 0.4) is 0 Å². The summed E-state index contributed by atoms with van der Waals surface area (Å²) in [5.41, 5.74) is 2.79. The van der Waals surface area contributed by atoms with Crippen LogP contribution in [0.5, 0.6) is 0 Å². The van der Waals surface area contributed by atoms with Crippen molar-refractivity contribution >= 4 is 22.3 Å². The fraction of sp³-hybridized carbons (Fsp3) is 0.286. The summed E-state index contributed by atoms with van der Waals surface area (Å²) in [6.45, 7) is 2.64. The molecule has 1 aromatic heterocycles. The number of hydrogen-bond donors (Lipinski definition) is 2. The Hall–Kier alpha value is -2.82. The number of halogens is 1. The lowest BCUT2D eigenvalue weighted by molar-refractivity contribution is 0.578. The Balaban J connectivity index is 1.47. The van der Waals surface area contributed by atoms with Crippen LogP contribution in [0.15, 0.2) is 53.3 Å². The molecule has 3 aromatic rings. The van der Waals surface area contributed by atoms with E-state index >= 15 is 0 Å². The topological polar surface area (TPSA) is 48.1 Å². The Kier molecular flexibility index (Phi) is 4.61. The van der Waals surface area contributed by atoms with Crippen LogP contribution in [0.25, 0.3) is 10.9 Å². The lowest BCUT2D eigenvalue weighted by Crippen LogP contribution is -2.29. The van der Waals surface area contributed by atoms with E-state index in [4.69, 9.17) is 0 Å². The predicted molar refractivity (Wildman–Crippen MR) is 104 cm³/mol. The molecule has 0 aliphatic carbocycles. The van der Waals surface area contributed by atoms with Crippen molar-refractivity contribution in [2.75, 3.05) is 23.3 Å². The summed E-state index contributed by atoms with van der Waals surface area (Å²) < 4.78 is 13.8. The third-order valence-corrected chi connectivity index (χ3v) is 4.98. The molecule has 0 spiro atoms. The highest BCUT2D eigenvalue weighted by Crippen LogP contribution is 2.22. The second-order valence-electron chi connectivity index (χ2n) is 6.78. The number of benzene rings is 2. The normalized spacial score (nSPS) is 14.6. The van der Waals surface area contributed by atoms with Crippen molar-refractivity contribution in [1.82, 2.24) is 4.98 Å². The number of aromatic amines is 1. The van der Waals surface area contributed by atoms with E-state index in [0.29, 0.717) is 17.5 Å². The molecule has 1 fully saturated rings. The number of nitrogens with zero attached hydrogens (tertiary/aromatic N) is 1. The molecule has 0 unspecified atom stereocenters. The zero-order valence-electron chi connectivity index (χ0n) is 14.6. The fourth-order valence-electron chi connectivity index (χ4n) is 3.51. The number of anilines is 2. The highest BCUT2D eigenvalue weighted by molar-refractivity contribution is 5.79. The van der Waals surface area contributed by atoms with Gasteiger partial charge in [0.2, 0.25) is 0 Å². The van der Waals surface area contributed by atoms with E-state index in [2.05, 4.69) is 27.3 Å². The van der Waals surface area contributed by atoms with E-state index in [1.165, 1.54) is 31.0 Å². The molecule has 2 N–H and O–H groups in total. The van der Waals surface area contributed by atoms with Gasteiger partial charge in [0.05, 0.1) is 5.52 Å². The summed E-state index contributed by atoms with van der Waals surface area (Å²) >= 11 is 0. The van der Waals surface area contributed by atoms with Gasteiger partial charge in [-0.15, -0.1) is 0 Å². The van der Waals surface area contributed by atoms with Gasteiger partial charge in [-0.05, 0) is 55.7 Å². The van der Waals surface area contributed by atoms with Gasteiger partial charge in [0.15, 0.2) is 0 Å². The van der Waals surface area contributed by atoms with Gasteiger partial charge in [0, 0.05) is 42.0 Å². The van der Waals surface area contributed by atoms with Crippen LogP contribution in [0.2, 0.25) is 0 Å². The maximum absolute atomic E-state index is 13.8. The standard InChI is InChI=1S/C21H22FN3O/c22-19-6-4-5-15-13-16(21(26)24-20(15)19)14-23-17-7-9-18(10-8-17)25-11-2-1-3-12-25/h4-10,13,23H,1-3,11-12,14H2,(H,24,26). The van der Waals surface area contributed by atoms with Gasteiger partial charge in [-0.3, -0.25) is 4.79 Å². The van der Waals surface area contributed by atoms with E-state index in [9.17, 15) is 9.18 Å². The lowest BCUT2D eigenvalue weighted by atomic mass is 10.1. The van der Waals surface area contributed by atoms with Crippen LogP contribution in [-0.4, -0.2) is 18.1 Å². The summed E-state index contributed by atoms with van der Waals surface area (Å²) in [5, 5.41) is 3.98. The van der Waals surface area contributed by atoms with Crippen LogP contribution < -0.4 is 15.8 Å². The zero-order chi connectivity index (χ0) is 17.9. The first-order valence-electron chi connectivity index (χ1n) is 9.10. The first-order chi connectivity index (χ1) is 12.7. The van der Waals surface area contributed by atoms with Gasteiger partial charge < -0.3 is 15.2 Å². The SMILES string of the molecule is O=c1[nH]c2c(F)cccc2cc1CNc1ccc(N2CCCCC2)cc1. The van der Waals surface area contributed by atoms with Crippen LogP contribution in [0.4, 0.5) is 15.8 Å². The molecule has 4 nitrogen and oxygen atoms in total. The van der Waals surface area contributed by atoms with Crippen molar-refractivity contribution in [1.29, 1.82) is 0 Å². The van der Waals surface area contributed by atoms with Crippen molar-refractivity contribution in [3.63, 3.8) is 0 Å². The Morgan fingerprint density at radius 3 is 2.58 bits per heavy atom. The van der Waals surface area contributed by atoms with Gasteiger partial charge in [-0.25, -0.2) is 4.39 Å². The summed E-state index contributed by atoms with van der Waals surface area (Å²) in [4.78, 5) is 17.2. The number of aromatic nitrogens is 1. The second-order valence-corrected chi connectivity index (χ2v) is 6.78. The first kappa shape index (κ1) is 16.6. The van der Waals surface area contributed by atoms with Crippen molar-refractivity contribution in [3.8, 4) is 0 Å². The maximum Gasteiger partial charge on any atom is 0.253 e. The van der Waals surface area contributed by atoms with Crippen molar-refractivity contribution in [2.45, 2.75) is 25.8 Å². The van der Waals surface area contributed by atoms with Gasteiger partial charge >= 0.3 is 0 Å². The van der Waals surface area contributed by atoms with E-state index in [1.54, 1.807) is 18.2 Å². The van der Waals surface area contributed by atoms with Gasteiger partial charge in [-0.1, -0.05) is 12.1 Å². The van der Waals surface area contributed by atoms with Gasteiger partial charge in [-0.2, -0.15) is 0 Å². The maximum atomic E-state index is 13.8. The Bertz CT molecular complexity index is 959. The molecular formula is C21H22FN3O. The van der Waals surface area contributed by atoms with Crippen LogP contribution in [0, 0.1) is 5.82 Å². The van der Waals surface area contributed by atoms with Gasteiger partial charge in [0.25, 0.3) is 5.56 Å². The minimum Gasteiger partial charge on any atom is -0.381 e. The molecule has 2 aromatic carbocycles. The average molecular weight is 351 g/mol. The first-order valence-corrected chi connectivity index (χ1v) is 9.10. The molecule has 0 amide bonds. The van der Waals surface area contributed by atoms with Crippen LogP contribution in [-0.2, 0) is 6.54 Å². The monoisotopic (exact) mass is 351 g/mol. The van der Waals surface area contributed by atoms with E-state index in [1.807, 2.05) is 12.1 Å². The molecule has 1 aliphatic rings. The number of para-hydroxylation sites is 1. The number of piperidine rings is 1. The molecule has 0 bridgehead atoms. The number of H-pyrrole nitrogens is 1. The number of pyridine rings is 1. The molecule has 2 heterocycles. The molecule has 26 heavy (non-hydrogen) atoms. The zero-order valence-corrected chi connectivity index (χ0v) is 14.6. The number of nitrogens with one attached hydrogen (secondary N) is 2. The summed E-state index contributed by atoms with van der Waals surface area (Å²) in [7, 11) is 0. The van der Waals surface area contributed by atoms with Crippen molar-refractivity contribution < 1.29 is 4.39 Å². The molecule has 1 aliphatic heterocycles. The molecule has 0 atom stereocenters.